The van der Waals surface area contributed by atoms with E-state index in [1.165, 1.54) is 6.07 Å². The van der Waals surface area contributed by atoms with Crippen LogP contribution < -0.4 is 10.6 Å². The van der Waals surface area contributed by atoms with Crippen LogP contribution in [0.1, 0.15) is 23.2 Å². The van der Waals surface area contributed by atoms with Crippen molar-refractivity contribution in [2.75, 3.05) is 13.1 Å². The SMILES string of the molecule is Cl.O=C(NC1CCNCC1)c1ccc(F)cc1F. The summed E-state index contributed by atoms with van der Waals surface area (Å²) in [6, 6.07) is 3.03. The summed E-state index contributed by atoms with van der Waals surface area (Å²) in [7, 11) is 0. The average Bonchev–Trinajstić information content (AvgIpc) is 2.30. The predicted molar refractivity (Wildman–Crippen MR) is 67.0 cm³/mol. The molecule has 100 valence electrons. The topological polar surface area (TPSA) is 41.1 Å². The van der Waals surface area contributed by atoms with Gasteiger partial charge in [-0.1, -0.05) is 0 Å². The Hall–Kier alpha value is -1.20. The fraction of sp³-hybridized carbons (Fsp3) is 0.417. The quantitative estimate of drug-likeness (QED) is 0.866. The van der Waals surface area contributed by atoms with Gasteiger partial charge < -0.3 is 10.6 Å². The summed E-state index contributed by atoms with van der Waals surface area (Å²) in [6.07, 6.45) is 1.66. The fourth-order valence-electron chi connectivity index (χ4n) is 1.90. The molecule has 1 aliphatic heterocycles. The van der Waals surface area contributed by atoms with E-state index in [-0.39, 0.29) is 24.0 Å². The molecular formula is C12H15ClF2N2O. The molecule has 1 aliphatic rings. The van der Waals surface area contributed by atoms with E-state index in [0.29, 0.717) is 0 Å². The second kappa shape index (κ2) is 6.66. The van der Waals surface area contributed by atoms with E-state index in [1.54, 1.807) is 0 Å². The molecule has 0 saturated carbocycles. The molecular weight excluding hydrogens is 262 g/mol. The Morgan fingerprint density at radius 1 is 1.28 bits per heavy atom. The number of carbonyl (C=O) groups excluding carboxylic acids is 1. The molecule has 6 heteroatoms. The molecule has 1 fully saturated rings. The molecule has 1 saturated heterocycles. The average molecular weight is 277 g/mol. The molecule has 0 unspecified atom stereocenters. The number of rotatable bonds is 2. The van der Waals surface area contributed by atoms with Crippen LogP contribution in [-0.2, 0) is 0 Å². The van der Waals surface area contributed by atoms with Crippen LogP contribution in [0.5, 0.6) is 0 Å². The van der Waals surface area contributed by atoms with Gasteiger partial charge in [0.25, 0.3) is 5.91 Å². The van der Waals surface area contributed by atoms with Crippen molar-refractivity contribution < 1.29 is 13.6 Å². The third kappa shape index (κ3) is 3.65. The summed E-state index contributed by atoms with van der Waals surface area (Å²) in [4.78, 5) is 11.8. The van der Waals surface area contributed by atoms with Crippen LogP contribution in [0.3, 0.4) is 0 Å². The molecule has 1 aromatic rings. The lowest BCUT2D eigenvalue weighted by molar-refractivity contribution is 0.0925. The summed E-state index contributed by atoms with van der Waals surface area (Å²) in [5, 5.41) is 5.93. The summed E-state index contributed by atoms with van der Waals surface area (Å²) in [5.74, 6) is -1.98. The van der Waals surface area contributed by atoms with E-state index < -0.39 is 17.5 Å². The number of hydrogen-bond acceptors (Lipinski definition) is 2. The van der Waals surface area contributed by atoms with Gasteiger partial charge >= 0.3 is 0 Å². The normalized spacial score (nSPS) is 15.9. The highest BCUT2D eigenvalue weighted by atomic mass is 35.5. The number of piperidine rings is 1. The van der Waals surface area contributed by atoms with Crippen LogP contribution >= 0.6 is 12.4 Å². The largest absolute Gasteiger partial charge is 0.349 e. The Morgan fingerprint density at radius 3 is 2.56 bits per heavy atom. The van der Waals surface area contributed by atoms with Crippen molar-refractivity contribution in [2.45, 2.75) is 18.9 Å². The van der Waals surface area contributed by atoms with Gasteiger partial charge in [0.15, 0.2) is 0 Å². The fourth-order valence-corrected chi connectivity index (χ4v) is 1.90. The van der Waals surface area contributed by atoms with Crippen LogP contribution in [0.15, 0.2) is 18.2 Å². The monoisotopic (exact) mass is 276 g/mol. The molecule has 18 heavy (non-hydrogen) atoms. The highest BCUT2D eigenvalue weighted by Gasteiger charge is 2.18. The molecule has 0 radical (unpaired) electrons. The van der Waals surface area contributed by atoms with Gasteiger partial charge in [-0.25, -0.2) is 8.78 Å². The lowest BCUT2D eigenvalue weighted by Gasteiger charge is -2.23. The smallest absolute Gasteiger partial charge is 0.254 e. The maximum atomic E-state index is 13.3. The standard InChI is InChI=1S/C12H14F2N2O.ClH/c13-8-1-2-10(11(14)7-8)12(17)16-9-3-5-15-6-4-9;/h1-2,7,9,15H,3-6H2,(H,16,17);1H. The third-order valence-electron chi connectivity index (χ3n) is 2.85. The molecule has 0 bridgehead atoms. The first kappa shape index (κ1) is 14.9. The van der Waals surface area contributed by atoms with Crippen molar-refractivity contribution in [3.63, 3.8) is 0 Å². The van der Waals surface area contributed by atoms with E-state index in [4.69, 9.17) is 0 Å². The minimum absolute atomic E-state index is 0. The minimum Gasteiger partial charge on any atom is -0.349 e. The molecule has 2 N–H and O–H groups in total. The zero-order valence-electron chi connectivity index (χ0n) is 9.71. The first-order valence-corrected chi connectivity index (χ1v) is 5.63. The summed E-state index contributed by atoms with van der Waals surface area (Å²) < 4.78 is 26.0. The first-order chi connectivity index (χ1) is 8.16. The zero-order valence-corrected chi connectivity index (χ0v) is 10.5. The number of carbonyl (C=O) groups is 1. The highest BCUT2D eigenvalue weighted by Crippen LogP contribution is 2.11. The number of benzene rings is 1. The molecule has 0 aliphatic carbocycles. The molecule has 1 aromatic carbocycles. The lowest BCUT2D eigenvalue weighted by Crippen LogP contribution is -2.42. The first-order valence-electron chi connectivity index (χ1n) is 5.63. The van der Waals surface area contributed by atoms with Gasteiger partial charge in [0.05, 0.1) is 5.56 Å². The van der Waals surface area contributed by atoms with Crippen LogP contribution in [0.4, 0.5) is 8.78 Å². The number of amides is 1. The van der Waals surface area contributed by atoms with Gasteiger partial charge in [0.2, 0.25) is 0 Å². The third-order valence-corrected chi connectivity index (χ3v) is 2.85. The van der Waals surface area contributed by atoms with Crippen molar-refractivity contribution >= 4 is 18.3 Å². The lowest BCUT2D eigenvalue weighted by atomic mass is 10.1. The highest BCUT2D eigenvalue weighted by molar-refractivity contribution is 5.94. The maximum absolute atomic E-state index is 13.3. The van der Waals surface area contributed by atoms with E-state index in [0.717, 1.165) is 38.1 Å². The van der Waals surface area contributed by atoms with Crippen LogP contribution in [-0.4, -0.2) is 25.0 Å². The maximum Gasteiger partial charge on any atom is 0.254 e. The van der Waals surface area contributed by atoms with Crippen LogP contribution in [0.25, 0.3) is 0 Å². The zero-order chi connectivity index (χ0) is 12.3. The van der Waals surface area contributed by atoms with Crippen molar-refractivity contribution in [1.82, 2.24) is 10.6 Å². The van der Waals surface area contributed by atoms with Crippen LogP contribution in [0, 0.1) is 11.6 Å². The van der Waals surface area contributed by atoms with E-state index >= 15 is 0 Å². The summed E-state index contributed by atoms with van der Waals surface area (Å²) >= 11 is 0. The van der Waals surface area contributed by atoms with Gasteiger partial charge in [-0.15, -0.1) is 12.4 Å². The number of halogens is 3. The summed E-state index contributed by atoms with van der Waals surface area (Å²) in [5.41, 5.74) is -0.107. The predicted octanol–water partition coefficient (Wildman–Crippen LogP) is 1.87. The summed E-state index contributed by atoms with van der Waals surface area (Å²) in [6.45, 7) is 1.69. The Bertz CT molecular complexity index is 423. The van der Waals surface area contributed by atoms with Gasteiger partial charge in [-0.2, -0.15) is 0 Å². The van der Waals surface area contributed by atoms with Crippen molar-refractivity contribution in [3.05, 3.63) is 35.4 Å². The Morgan fingerprint density at radius 2 is 1.94 bits per heavy atom. The van der Waals surface area contributed by atoms with Gasteiger partial charge in [0.1, 0.15) is 11.6 Å². The van der Waals surface area contributed by atoms with E-state index in [1.807, 2.05) is 0 Å². The Balaban J connectivity index is 0.00000162. The number of hydrogen-bond donors (Lipinski definition) is 2. The minimum atomic E-state index is -0.823. The Kier molecular flexibility index (Phi) is 5.50. The van der Waals surface area contributed by atoms with Gasteiger partial charge in [-0.05, 0) is 38.1 Å². The molecule has 3 nitrogen and oxygen atoms in total. The molecule has 0 aromatic heterocycles. The second-order valence-electron chi connectivity index (χ2n) is 4.12. The van der Waals surface area contributed by atoms with Gasteiger partial charge in [0, 0.05) is 12.1 Å². The van der Waals surface area contributed by atoms with Gasteiger partial charge in [-0.3, -0.25) is 4.79 Å². The van der Waals surface area contributed by atoms with Crippen LogP contribution in [0.2, 0.25) is 0 Å². The molecule has 2 rings (SSSR count). The molecule has 1 heterocycles. The Labute approximate surface area is 110 Å². The molecule has 0 spiro atoms. The molecule has 0 atom stereocenters. The molecule has 1 amide bonds. The van der Waals surface area contributed by atoms with Crippen molar-refractivity contribution in [2.24, 2.45) is 0 Å². The van der Waals surface area contributed by atoms with Crippen molar-refractivity contribution in [1.29, 1.82) is 0 Å². The van der Waals surface area contributed by atoms with E-state index in [2.05, 4.69) is 10.6 Å². The van der Waals surface area contributed by atoms with Crippen molar-refractivity contribution in [3.8, 4) is 0 Å². The second-order valence-corrected chi connectivity index (χ2v) is 4.12. The van der Waals surface area contributed by atoms with E-state index in [9.17, 15) is 13.6 Å². The number of nitrogens with one attached hydrogen (secondary N) is 2.